The molecule has 0 bridgehead atoms. The van der Waals surface area contributed by atoms with Gasteiger partial charge in [-0.3, -0.25) is 9.80 Å². The Kier molecular flexibility index (Phi) is 6.51. The van der Waals surface area contributed by atoms with Gasteiger partial charge in [0, 0.05) is 50.8 Å². The summed E-state index contributed by atoms with van der Waals surface area (Å²) >= 11 is 0. The molecule has 2 aliphatic rings. The molecule has 6 heteroatoms. The number of hydrogen-bond donors (Lipinski definition) is 1. The number of hydrogen-bond acceptors (Lipinski definition) is 4. The number of amides is 1. The van der Waals surface area contributed by atoms with E-state index in [1.807, 2.05) is 13.0 Å². The molecule has 0 saturated carbocycles. The van der Waals surface area contributed by atoms with Crippen molar-refractivity contribution in [2.45, 2.75) is 44.9 Å². The zero-order valence-electron chi connectivity index (χ0n) is 15.9. The zero-order chi connectivity index (χ0) is 18.5. The molecule has 1 amide bonds. The SMILES string of the molecule is CCC1COCCN1C[C@H]1CN(C(=O)O)[C@H](C)CN1Cc1ccccc1. The highest BCUT2D eigenvalue weighted by atomic mass is 16.5. The van der Waals surface area contributed by atoms with Crippen LogP contribution in [0.25, 0.3) is 0 Å². The van der Waals surface area contributed by atoms with E-state index in [4.69, 9.17) is 4.74 Å². The van der Waals surface area contributed by atoms with Crippen molar-refractivity contribution in [2.75, 3.05) is 39.4 Å². The van der Waals surface area contributed by atoms with Crippen LogP contribution in [0.1, 0.15) is 25.8 Å². The molecular formula is C20H31N3O3. The second-order valence-corrected chi connectivity index (χ2v) is 7.48. The smallest absolute Gasteiger partial charge is 0.407 e. The normalized spacial score (nSPS) is 28.2. The standard InChI is InChI=1S/C20H31N3O3/c1-3-18-15-26-10-9-21(18)13-19-14-23(20(24)25)16(2)11-22(19)12-17-7-5-4-6-8-17/h4-8,16,18-19H,3,9-15H2,1-2H3,(H,24,25)/t16-,18?,19+/m1/s1. The van der Waals surface area contributed by atoms with E-state index in [1.165, 1.54) is 5.56 Å². The number of ether oxygens (including phenoxy) is 1. The topological polar surface area (TPSA) is 56.3 Å². The van der Waals surface area contributed by atoms with Crippen LogP contribution in [0, 0.1) is 0 Å². The number of carbonyl (C=O) groups is 1. The molecule has 3 rings (SSSR count). The molecule has 1 aromatic carbocycles. The average molecular weight is 361 g/mol. The highest BCUT2D eigenvalue weighted by Crippen LogP contribution is 2.21. The Morgan fingerprint density at radius 1 is 1.19 bits per heavy atom. The summed E-state index contributed by atoms with van der Waals surface area (Å²) in [5.41, 5.74) is 1.28. The number of piperazine rings is 1. The molecular weight excluding hydrogens is 330 g/mol. The highest BCUT2D eigenvalue weighted by molar-refractivity contribution is 5.65. The summed E-state index contributed by atoms with van der Waals surface area (Å²) in [6.07, 6.45) is 0.251. The lowest BCUT2D eigenvalue weighted by Gasteiger charge is -2.47. The van der Waals surface area contributed by atoms with Crippen molar-refractivity contribution in [1.82, 2.24) is 14.7 Å². The summed E-state index contributed by atoms with van der Waals surface area (Å²) in [4.78, 5) is 18.2. The summed E-state index contributed by atoms with van der Waals surface area (Å²) in [6.45, 7) is 9.77. The zero-order valence-corrected chi connectivity index (χ0v) is 15.9. The third-order valence-electron chi connectivity index (χ3n) is 5.69. The van der Waals surface area contributed by atoms with Crippen molar-refractivity contribution in [3.63, 3.8) is 0 Å². The highest BCUT2D eigenvalue weighted by Gasteiger charge is 2.36. The molecule has 2 aliphatic heterocycles. The first kappa shape index (κ1) is 19.1. The first-order valence-electron chi connectivity index (χ1n) is 9.67. The van der Waals surface area contributed by atoms with E-state index in [2.05, 4.69) is 41.0 Å². The van der Waals surface area contributed by atoms with Crippen LogP contribution in [0.3, 0.4) is 0 Å². The van der Waals surface area contributed by atoms with Gasteiger partial charge in [0.2, 0.25) is 0 Å². The third kappa shape index (κ3) is 4.55. The average Bonchev–Trinajstić information content (AvgIpc) is 2.64. The Hall–Kier alpha value is -1.63. The molecule has 2 saturated heterocycles. The molecule has 6 nitrogen and oxygen atoms in total. The third-order valence-corrected chi connectivity index (χ3v) is 5.69. The molecule has 2 fully saturated rings. The number of morpholine rings is 1. The quantitative estimate of drug-likeness (QED) is 0.872. The van der Waals surface area contributed by atoms with Crippen LogP contribution in [0.5, 0.6) is 0 Å². The molecule has 1 N–H and O–H groups in total. The maximum absolute atomic E-state index is 11.7. The number of carboxylic acid groups (broad SMARTS) is 1. The Morgan fingerprint density at radius 3 is 2.65 bits per heavy atom. The van der Waals surface area contributed by atoms with Crippen molar-refractivity contribution in [3.8, 4) is 0 Å². The van der Waals surface area contributed by atoms with Crippen LogP contribution in [-0.4, -0.2) is 83.4 Å². The van der Waals surface area contributed by atoms with E-state index in [0.29, 0.717) is 12.6 Å². The number of benzene rings is 1. The first-order valence-corrected chi connectivity index (χ1v) is 9.67. The van der Waals surface area contributed by atoms with Crippen molar-refractivity contribution < 1.29 is 14.6 Å². The van der Waals surface area contributed by atoms with Crippen molar-refractivity contribution >= 4 is 6.09 Å². The van der Waals surface area contributed by atoms with Gasteiger partial charge in [-0.05, 0) is 18.9 Å². The van der Waals surface area contributed by atoms with Gasteiger partial charge in [0.05, 0.1) is 13.2 Å². The van der Waals surface area contributed by atoms with Crippen LogP contribution >= 0.6 is 0 Å². The minimum atomic E-state index is -0.809. The van der Waals surface area contributed by atoms with Crippen LogP contribution in [0.15, 0.2) is 30.3 Å². The largest absolute Gasteiger partial charge is 0.465 e. The summed E-state index contributed by atoms with van der Waals surface area (Å²) in [6, 6.07) is 11.1. The van der Waals surface area contributed by atoms with Gasteiger partial charge in [0.1, 0.15) is 0 Å². The second kappa shape index (κ2) is 8.84. The van der Waals surface area contributed by atoms with E-state index in [1.54, 1.807) is 4.90 Å². The van der Waals surface area contributed by atoms with Crippen LogP contribution in [0.2, 0.25) is 0 Å². The molecule has 0 radical (unpaired) electrons. The lowest BCUT2D eigenvalue weighted by atomic mass is 10.0. The molecule has 0 spiro atoms. The van der Waals surface area contributed by atoms with E-state index < -0.39 is 6.09 Å². The first-order chi connectivity index (χ1) is 12.6. The van der Waals surface area contributed by atoms with Gasteiger partial charge in [0.15, 0.2) is 0 Å². The van der Waals surface area contributed by atoms with Gasteiger partial charge in [-0.15, -0.1) is 0 Å². The minimum absolute atomic E-state index is 0.0131. The predicted molar refractivity (Wildman–Crippen MR) is 101 cm³/mol. The number of rotatable bonds is 5. The Labute approximate surface area is 156 Å². The van der Waals surface area contributed by atoms with Gasteiger partial charge in [-0.25, -0.2) is 4.79 Å². The molecule has 3 atom stereocenters. The van der Waals surface area contributed by atoms with E-state index in [-0.39, 0.29) is 12.1 Å². The Bertz CT molecular complexity index is 583. The van der Waals surface area contributed by atoms with Gasteiger partial charge in [-0.2, -0.15) is 0 Å². The van der Waals surface area contributed by atoms with Gasteiger partial charge < -0.3 is 14.7 Å². The molecule has 144 valence electrons. The summed E-state index contributed by atoms with van der Waals surface area (Å²) in [5, 5.41) is 9.58. The molecule has 1 unspecified atom stereocenters. The number of nitrogens with zero attached hydrogens (tertiary/aromatic N) is 3. The molecule has 0 aromatic heterocycles. The van der Waals surface area contributed by atoms with Crippen molar-refractivity contribution in [2.24, 2.45) is 0 Å². The maximum Gasteiger partial charge on any atom is 0.407 e. The minimum Gasteiger partial charge on any atom is -0.465 e. The van der Waals surface area contributed by atoms with Crippen molar-refractivity contribution in [3.05, 3.63) is 35.9 Å². The Balaban J connectivity index is 1.74. The fourth-order valence-electron chi connectivity index (χ4n) is 4.14. The van der Waals surface area contributed by atoms with Gasteiger partial charge >= 0.3 is 6.09 Å². The fraction of sp³-hybridized carbons (Fsp3) is 0.650. The molecule has 1 aromatic rings. The molecule has 0 aliphatic carbocycles. The molecule has 26 heavy (non-hydrogen) atoms. The van der Waals surface area contributed by atoms with Gasteiger partial charge in [0.25, 0.3) is 0 Å². The van der Waals surface area contributed by atoms with Crippen molar-refractivity contribution in [1.29, 1.82) is 0 Å². The van der Waals surface area contributed by atoms with Crippen LogP contribution in [-0.2, 0) is 11.3 Å². The fourth-order valence-corrected chi connectivity index (χ4v) is 4.14. The van der Waals surface area contributed by atoms with Crippen LogP contribution in [0.4, 0.5) is 4.79 Å². The van der Waals surface area contributed by atoms with Crippen LogP contribution < -0.4 is 0 Å². The van der Waals surface area contributed by atoms with Gasteiger partial charge in [-0.1, -0.05) is 37.3 Å². The second-order valence-electron chi connectivity index (χ2n) is 7.48. The molecule has 2 heterocycles. The van der Waals surface area contributed by atoms with E-state index in [0.717, 1.165) is 45.8 Å². The lowest BCUT2D eigenvalue weighted by molar-refractivity contribution is -0.0376. The Morgan fingerprint density at radius 2 is 1.96 bits per heavy atom. The maximum atomic E-state index is 11.7. The van der Waals surface area contributed by atoms with E-state index in [9.17, 15) is 9.90 Å². The summed E-state index contributed by atoms with van der Waals surface area (Å²) in [7, 11) is 0. The van der Waals surface area contributed by atoms with E-state index >= 15 is 0 Å². The monoisotopic (exact) mass is 361 g/mol. The summed E-state index contributed by atoms with van der Waals surface area (Å²) in [5.74, 6) is 0. The predicted octanol–water partition coefficient (Wildman–Crippen LogP) is 2.35. The summed E-state index contributed by atoms with van der Waals surface area (Å²) < 4.78 is 5.63. The lowest BCUT2D eigenvalue weighted by Crippen LogP contribution is -2.62.